The van der Waals surface area contributed by atoms with Gasteiger partial charge in [-0.1, -0.05) is 12.1 Å². The van der Waals surface area contributed by atoms with Crippen molar-refractivity contribution in [2.24, 2.45) is 0 Å². The second-order valence-electron chi connectivity index (χ2n) is 4.19. The van der Waals surface area contributed by atoms with Gasteiger partial charge in [-0.25, -0.2) is 4.79 Å². The van der Waals surface area contributed by atoms with Gasteiger partial charge in [0.15, 0.2) is 5.75 Å². The number of carboxylic acid groups (broad SMARTS) is 1. The van der Waals surface area contributed by atoms with Crippen molar-refractivity contribution in [1.29, 1.82) is 0 Å². The highest BCUT2D eigenvalue weighted by molar-refractivity contribution is 5.96. The van der Waals surface area contributed by atoms with E-state index in [1.54, 1.807) is 30.3 Å². The predicted octanol–water partition coefficient (Wildman–Crippen LogP) is 2.15. The molecule has 7 heteroatoms. The van der Waals surface area contributed by atoms with Crippen LogP contribution in [0.25, 0.3) is 10.9 Å². The smallest absolute Gasteiger partial charge is 0.360 e. The van der Waals surface area contributed by atoms with E-state index in [1.807, 2.05) is 6.92 Å². The van der Waals surface area contributed by atoms with Gasteiger partial charge in [0.05, 0.1) is 5.52 Å². The van der Waals surface area contributed by atoms with Gasteiger partial charge in [0.2, 0.25) is 11.6 Å². The number of aryl methyl sites for hydroxylation is 1. The van der Waals surface area contributed by atoms with Crippen molar-refractivity contribution in [3.8, 4) is 11.6 Å². The average Bonchev–Trinajstić information content (AvgIpc) is 2.84. The summed E-state index contributed by atoms with van der Waals surface area (Å²) in [6.45, 7) is 1.82. The molecule has 0 saturated heterocycles. The van der Waals surface area contributed by atoms with E-state index in [1.165, 1.54) is 0 Å². The first-order valence-electron chi connectivity index (χ1n) is 5.84. The first-order chi connectivity index (χ1) is 9.65. The van der Waals surface area contributed by atoms with Crippen LogP contribution in [0.3, 0.4) is 0 Å². The molecule has 100 valence electrons. The van der Waals surface area contributed by atoms with E-state index in [4.69, 9.17) is 4.74 Å². The molecule has 3 rings (SSSR count). The fourth-order valence-corrected chi connectivity index (χ4v) is 1.82. The van der Waals surface area contributed by atoms with E-state index in [0.717, 1.165) is 5.69 Å². The van der Waals surface area contributed by atoms with E-state index in [2.05, 4.69) is 20.4 Å². The molecule has 3 aromatic rings. The number of hydrogen-bond acceptors (Lipinski definition) is 5. The number of carboxylic acids is 1. The largest absolute Gasteiger partial charge is 0.476 e. The molecule has 0 aliphatic heterocycles. The zero-order valence-corrected chi connectivity index (χ0v) is 10.5. The Balaban J connectivity index is 2.19. The monoisotopic (exact) mass is 270 g/mol. The summed E-state index contributed by atoms with van der Waals surface area (Å²) < 4.78 is 5.58. The number of carbonyl (C=O) groups is 1. The van der Waals surface area contributed by atoms with Crippen LogP contribution >= 0.6 is 0 Å². The number of fused-ring (bicyclic) bond motifs is 1. The number of ether oxygens (including phenoxy) is 1. The summed E-state index contributed by atoms with van der Waals surface area (Å²) in [5.41, 5.74) is 1.12. The number of aromatic carboxylic acids is 1. The lowest BCUT2D eigenvalue weighted by Crippen LogP contribution is -2.06. The maximum Gasteiger partial charge on any atom is 0.360 e. The Kier molecular flexibility index (Phi) is 2.79. The summed E-state index contributed by atoms with van der Waals surface area (Å²) in [4.78, 5) is 11.3. The maximum atomic E-state index is 11.3. The molecule has 0 saturated carbocycles. The van der Waals surface area contributed by atoms with Gasteiger partial charge in [-0.2, -0.15) is 0 Å². The Morgan fingerprint density at radius 1 is 1.30 bits per heavy atom. The van der Waals surface area contributed by atoms with Crippen LogP contribution in [0.4, 0.5) is 0 Å². The quantitative estimate of drug-likeness (QED) is 0.756. The number of aromatic nitrogens is 4. The number of H-pyrrole nitrogens is 1. The van der Waals surface area contributed by atoms with Crippen LogP contribution in [-0.2, 0) is 0 Å². The minimum atomic E-state index is -1.20. The number of benzene rings is 1. The molecule has 0 spiro atoms. The first kappa shape index (κ1) is 12.1. The van der Waals surface area contributed by atoms with Gasteiger partial charge >= 0.3 is 5.97 Å². The van der Waals surface area contributed by atoms with Gasteiger partial charge in [-0.05, 0) is 19.1 Å². The lowest BCUT2D eigenvalue weighted by Gasteiger charge is -2.07. The molecule has 2 aromatic heterocycles. The van der Waals surface area contributed by atoms with Crippen LogP contribution in [0.2, 0.25) is 0 Å². The maximum absolute atomic E-state index is 11.3. The van der Waals surface area contributed by atoms with Crippen molar-refractivity contribution in [2.45, 2.75) is 6.92 Å². The Morgan fingerprint density at radius 3 is 2.80 bits per heavy atom. The Bertz CT molecular complexity index is 797. The number of hydrogen-bond donors (Lipinski definition) is 2. The molecule has 1 aromatic carbocycles. The van der Waals surface area contributed by atoms with Crippen molar-refractivity contribution in [3.05, 3.63) is 41.7 Å². The van der Waals surface area contributed by atoms with Crippen LogP contribution in [0.1, 0.15) is 16.2 Å². The highest BCUT2D eigenvalue weighted by Gasteiger charge is 2.19. The van der Waals surface area contributed by atoms with E-state index >= 15 is 0 Å². The summed E-state index contributed by atoms with van der Waals surface area (Å²) in [5, 5.41) is 24.0. The fourth-order valence-electron chi connectivity index (χ4n) is 1.82. The topological polar surface area (TPSA) is 101 Å². The second kappa shape index (κ2) is 4.61. The van der Waals surface area contributed by atoms with Gasteiger partial charge in [-0.15, -0.1) is 15.3 Å². The molecule has 0 bridgehead atoms. The molecule has 20 heavy (non-hydrogen) atoms. The average molecular weight is 270 g/mol. The van der Waals surface area contributed by atoms with Crippen LogP contribution in [0.15, 0.2) is 30.3 Å². The van der Waals surface area contributed by atoms with E-state index in [-0.39, 0.29) is 17.3 Å². The molecule has 0 unspecified atom stereocenters. The van der Waals surface area contributed by atoms with Crippen molar-refractivity contribution < 1.29 is 14.6 Å². The number of aromatic amines is 1. The minimum Gasteiger partial charge on any atom is -0.476 e. The summed E-state index contributed by atoms with van der Waals surface area (Å²) in [5.74, 6) is -0.789. The molecule has 2 N–H and O–H groups in total. The highest BCUT2D eigenvalue weighted by Crippen LogP contribution is 2.30. The molecule has 0 atom stereocenters. The minimum absolute atomic E-state index is 0.134. The number of nitrogens with one attached hydrogen (secondary N) is 1. The Labute approximate surface area is 113 Å². The van der Waals surface area contributed by atoms with Crippen LogP contribution < -0.4 is 4.74 Å². The van der Waals surface area contributed by atoms with Gasteiger partial charge in [-0.3, -0.25) is 5.10 Å². The van der Waals surface area contributed by atoms with Crippen molar-refractivity contribution >= 4 is 16.9 Å². The third-order valence-corrected chi connectivity index (χ3v) is 2.71. The summed E-state index contributed by atoms with van der Waals surface area (Å²) in [7, 11) is 0. The molecule has 7 nitrogen and oxygen atoms in total. The summed E-state index contributed by atoms with van der Waals surface area (Å²) in [6, 6.07) is 8.70. The second-order valence-corrected chi connectivity index (χ2v) is 4.19. The Hall–Kier alpha value is -2.96. The standard InChI is InChI=1S/C13H10N4O3/c1-7-6-10(16-14-7)20-12-8-4-2-3-5-9(8)15-17-11(12)13(18)19/h2-6H,1H3,(H,14,16)(H,18,19). The SMILES string of the molecule is Cc1cc(Oc2c(C(=O)O)nnc3ccccc23)n[nH]1. The third-order valence-electron chi connectivity index (χ3n) is 2.71. The number of rotatable bonds is 3. The molecular formula is C13H10N4O3. The van der Waals surface area contributed by atoms with Crippen molar-refractivity contribution in [2.75, 3.05) is 0 Å². The number of nitrogens with zero attached hydrogens (tertiary/aromatic N) is 3. The van der Waals surface area contributed by atoms with Crippen LogP contribution in [-0.4, -0.2) is 31.5 Å². The van der Waals surface area contributed by atoms with Gasteiger partial charge in [0.25, 0.3) is 0 Å². The molecule has 0 radical (unpaired) electrons. The summed E-state index contributed by atoms with van der Waals surface area (Å²) in [6.07, 6.45) is 0. The zero-order chi connectivity index (χ0) is 14.1. The van der Waals surface area contributed by atoms with Gasteiger partial charge in [0, 0.05) is 17.1 Å². The molecule has 0 amide bonds. The van der Waals surface area contributed by atoms with Gasteiger partial charge < -0.3 is 9.84 Å². The Morgan fingerprint density at radius 2 is 2.10 bits per heavy atom. The van der Waals surface area contributed by atoms with E-state index < -0.39 is 5.97 Å². The van der Waals surface area contributed by atoms with Crippen molar-refractivity contribution in [1.82, 2.24) is 20.4 Å². The van der Waals surface area contributed by atoms with Gasteiger partial charge in [0.1, 0.15) is 0 Å². The van der Waals surface area contributed by atoms with Crippen molar-refractivity contribution in [3.63, 3.8) is 0 Å². The lowest BCUT2D eigenvalue weighted by atomic mass is 10.2. The molecule has 0 aliphatic carbocycles. The molecular weight excluding hydrogens is 260 g/mol. The highest BCUT2D eigenvalue weighted by atomic mass is 16.5. The molecule has 2 heterocycles. The lowest BCUT2D eigenvalue weighted by molar-refractivity contribution is 0.0686. The van der Waals surface area contributed by atoms with E-state index in [9.17, 15) is 9.90 Å². The fraction of sp³-hybridized carbons (Fsp3) is 0.0769. The normalized spacial score (nSPS) is 10.7. The van der Waals surface area contributed by atoms with E-state index in [0.29, 0.717) is 10.9 Å². The first-order valence-corrected chi connectivity index (χ1v) is 5.84. The van der Waals surface area contributed by atoms with Crippen LogP contribution in [0.5, 0.6) is 11.6 Å². The molecule has 0 fully saturated rings. The zero-order valence-electron chi connectivity index (χ0n) is 10.5. The predicted molar refractivity (Wildman–Crippen MR) is 69.9 cm³/mol. The molecule has 0 aliphatic rings. The third kappa shape index (κ3) is 2.05. The van der Waals surface area contributed by atoms with Crippen LogP contribution in [0, 0.1) is 6.92 Å². The summed E-state index contributed by atoms with van der Waals surface area (Å²) >= 11 is 0.